The summed E-state index contributed by atoms with van der Waals surface area (Å²) in [5.74, 6) is 0. The Labute approximate surface area is 119 Å². The van der Waals surface area contributed by atoms with Crippen molar-refractivity contribution in [2.75, 3.05) is 7.11 Å². The number of aliphatic hydroxyl groups excluding tert-OH is 1. The highest BCUT2D eigenvalue weighted by Gasteiger charge is 2.55. The van der Waals surface area contributed by atoms with Crippen LogP contribution in [0, 0.1) is 0 Å². The van der Waals surface area contributed by atoms with Crippen LogP contribution in [0.25, 0.3) is 0 Å². The maximum Gasteiger partial charge on any atom is 0.330 e. The highest BCUT2D eigenvalue weighted by Crippen LogP contribution is 2.39. The molecule has 0 amide bonds. The van der Waals surface area contributed by atoms with E-state index >= 15 is 0 Å². The van der Waals surface area contributed by atoms with Gasteiger partial charge in [-0.2, -0.15) is 0 Å². The first-order valence-electron chi connectivity index (χ1n) is 6.50. The molecule has 2 aliphatic heterocycles. The van der Waals surface area contributed by atoms with Gasteiger partial charge in [-0.05, 0) is 6.92 Å². The third-order valence-corrected chi connectivity index (χ3v) is 3.55. The van der Waals surface area contributed by atoms with Gasteiger partial charge < -0.3 is 24.1 Å². The molecule has 1 unspecified atom stereocenters. The van der Waals surface area contributed by atoms with Crippen molar-refractivity contribution < 1.29 is 24.1 Å². The molecule has 21 heavy (non-hydrogen) atoms. The van der Waals surface area contributed by atoms with Crippen LogP contribution in [0.5, 0.6) is 0 Å². The van der Waals surface area contributed by atoms with Crippen molar-refractivity contribution in [1.29, 1.82) is 0 Å². The number of methoxy groups -OCH3 is 1. The molecule has 3 rings (SSSR count). The molecular weight excluding hydrogens is 284 g/mol. The van der Waals surface area contributed by atoms with E-state index in [1.165, 1.54) is 23.9 Å². The molecule has 116 valence electrons. The zero-order valence-electron chi connectivity index (χ0n) is 11.5. The van der Waals surface area contributed by atoms with E-state index in [1.807, 2.05) is 0 Å². The number of ether oxygens (including phenoxy) is 4. The van der Waals surface area contributed by atoms with Gasteiger partial charge in [0.1, 0.15) is 18.3 Å². The smallest absolute Gasteiger partial charge is 0.330 e. The summed E-state index contributed by atoms with van der Waals surface area (Å²) in [7, 11) is 1.42. The Morgan fingerprint density at radius 3 is 2.67 bits per heavy atom. The molecule has 2 N–H and O–H groups in total. The Hall–Kier alpha value is -1.52. The van der Waals surface area contributed by atoms with E-state index in [0.29, 0.717) is 0 Å². The molecule has 2 fully saturated rings. The second-order valence-corrected chi connectivity index (χ2v) is 4.98. The maximum absolute atomic E-state index is 11.9. The van der Waals surface area contributed by atoms with Gasteiger partial charge in [0.25, 0.3) is 12.0 Å². The van der Waals surface area contributed by atoms with Crippen LogP contribution in [0.4, 0.5) is 0 Å². The molecule has 3 heterocycles. The largest absolute Gasteiger partial charge is 0.391 e. The van der Waals surface area contributed by atoms with Crippen LogP contribution in [0.2, 0.25) is 0 Å². The number of H-pyrrole nitrogens is 1. The maximum atomic E-state index is 11.9. The van der Waals surface area contributed by atoms with Crippen molar-refractivity contribution in [3.8, 4) is 0 Å². The molecule has 0 saturated carbocycles. The lowest BCUT2D eigenvalue weighted by molar-refractivity contribution is -0.260. The predicted octanol–water partition coefficient (Wildman–Crippen LogP) is -1.47. The molecule has 2 saturated heterocycles. The topological polar surface area (TPSA) is 112 Å². The van der Waals surface area contributed by atoms with Gasteiger partial charge >= 0.3 is 5.69 Å². The minimum Gasteiger partial charge on any atom is -0.391 e. The van der Waals surface area contributed by atoms with Crippen molar-refractivity contribution in [3.63, 3.8) is 0 Å². The Morgan fingerprint density at radius 1 is 1.33 bits per heavy atom. The number of rotatable bonds is 3. The summed E-state index contributed by atoms with van der Waals surface area (Å²) in [4.78, 5) is 25.2. The van der Waals surface area contributed by atoms with Gasteiger partial charge in [-0.3, -0.25) is 14.3 Å². The second kappa shape index (κ2) is 5.35. The Balaban J connectivity index is 1.95. The van der Waals surface area contributed by atoms with Gasteiger partial charge in [0.05, 0.1) is 6.10 Å². The van der Waals surface area contributed by atoms with E-state index in [2.05, 4.69) is 4.98 Å². The highest BCUT2D eigenvalue weighted by molar-refractivity contribution is 4.98. The number of aromatic nitrogens is 2. The fraction of sp³-hybridized carbons (Fsp3) is 0.667. The Morgan fingerprint density at radius 2 is 2.05 bits per heavy atom. The van der Waals surface area contributed by atoms with E-state index in [0.717, 1.165) is 0 Å². The molecule has 0 aromatic carbocycles. The van der Waals surface area contributed by atoms with Crippen molar-refractivity contribution in [3.05, 3.63) is 33.1 Å². The average Bonchev–Trinajstić information content (AvgIpc) is 2.97. The Kier molecular flexibility index (Phi) is 3.68. The van der Waals surface area contributed by atoms with Gasteiger partial charge in [0, 0.05) is 19.4 Å². The zero-order valence-corrected chi connectivity index (χ0v) is 11.5. The summed E-state index contributed by atoms with van der Waals surface area (Å²) in [6.07, 6.45) is -2.19. The van der Waals surface area contributed by atoms with Gasteiger partial charge in [0.2, 0.25) is 0 Å². The molecule has 1 aromatic heterocycles. The number of hydrogen-bond acceptors (Lipinski definition) is 7. The number of hydrogen-bond donors (Lipinski definition) is 2. The molecule has 0 spiro atoms. The van der Waals surface area contributed by atoms with E-state index in [-0.39, 0.29) is 0 Å². The molecule has 0 radical (unpaired) electrons. The summed E-state index contributed by atoms with van der Waals surface area (Å²) in [6.45, 7) is 0.676. The van der Waals surface area contributed by atoms with Crippen LogP contribution in [-0.4, -0.2) is 52.7 Å². The average molecular weight is 300 g/mol. The number of nitrogens with zero attached hydrogens (tertiary/aromatic N) is 1. The number of fused-ring (bicyclic) bond motifs is 1. The zero-order chi connectivity index (χ0) is 15.1. The lowest BCUT2D eigenvalue weighted by Crippen LogP contribution is -2.37. The first-order chi connectivity index (χ1) is 10.0. The molecule has 9 heteroatoms. The van der Waals surface area contributed by atoms with Gasteiger partial charge in [-0.25, -0.2) is 4.79 Å². The van der Waals surface area contributed by atoms with Crippen LogP contribution in [-0.2, 0) is 18.9 Å². The summed E-state index contributed by atoms with van der Waals surface area (Å²) < 4.78 is 22.9. The minimum atomic E-state index is -0.883. The van der Waals surface area contributed by atoms with Crippen LogP contribution >= 0.6 is 0 Å². The summed E-state index contributed by atoms with van der Waals surface area (Å²) in [5, 5.41) is 9.79. The SMILES string of the molecule is COC1O[C@H]2[C@@H](O1)[C@H](n1ccc(=O)[nH]c1=O)O[C@@H]2[C@@H](C)O. The van der Waals surface area contributed by atoms with Crippen molar-refractivity contribution >= 4 is 0 Å². The first-order valence-corrected chi connectivity index (χ1v) is 6.50. The van der Waals surface area contributed by atoms with Crippen LogP contribution < -0.4 is 11.2 Å². The monoisotopic (exact) mass is 300 g/mol. The number of nitrogens with one attached hydrogen (secondary N) is 1. The van der Waals surface area contributed by atoms with Gasteiger partial charge in [-0.15, -0.1) is 0 Å². The van der Waals surface area contributed by atoms with Crippen molar-refractivity contribution in [1.82, 2.24) is 9.55 Å². The molecule has 2 aliphatic rings. The highest BCUT2D eigenvalue weighted by atomic mass is 16.9. The molecule has 0 bridgehead atoms. The van der Waals surface area contributed by atoms with E-state index < -0.39 is 48.4 Å². The second-order valence-electron chi connectivity index (χ2n) is 4.98. The summed E-state index contributed by atoms with van der Waals surface area (Å²) >= 11 is 0. The molecule has 0 aliphatic carbocycles. The lowest BCUT2D eigenvalue weighted by Gasteiger charge is -2.21. The van der Waals surface area contributed by atoms with Crippen molar-refractivity contribution in [2.45, 2.75) is 44.0 Å². The van der Waals surface area contributed by atoms with Crippen LogP contribution in [0.1, 0.15) is 13.2 Å². The van der Waals surface area contributed by atoms with Gasteiger partial charge in [-0.1, -0.05) is 0 Å². The van der Waals surface area contributed by atoms with E-state index in [9.17, 15) is 14.7 Å². The standard InChI is InChI=1S/C12H16N2O7/c1-5(15)7-8-9(21-12(18-2)20-8)10(19-7)14-4-3-6(16)13-11(14)17/h3-5,7-10,12,15H,1-2H3,(H,13,16,17)/t5-,7-,8-,9-,10-,12?/m1/s1. The molecular formula is C12H16N2O7. The lowest BCUT2D eigenvalue weighted by atomic mass is 10.1. The summed E-state index contributed by atoms with van der Waals surface area (Å²) in [6, 6.07) is 1.21. The molecule has 1 aromatic rings. The minimum absolute atomic E-state index is 0.503. The number of aliphatic hydroxyl groups is 1. The normalized spacial score (nSPS) is 36.6. The number of aromatic amines is 1. The third kappa shape index (κ3) is 2.43. The van der Waals surface area contributed by atoms with Crippen LogP contribution in [0.15, 0.2) is 21.9 Å². The fourth-order valence-corrected chi connectivity index (χ4v) is 2.60. The molecule has 6 atom stereocenters. The fourth-order valence-electron chi connectivity index (χ4n) is 2.60. The van der Waals surface area contributed by atoms with Crippen molar-refractivity contribution in [2.24, 2.45) is 0 Å². The van der Waals surface area contributed by atoms with E-state index in [4.69, 9.17) is 18.9 Å². The van der Waals surface area contributed by atoms with Gasteiger partial charge in [0.15, 0.2) is 6.23 Å². The molecule has 9 nitrogen and oxygen atoms in total. The quantitative estimate of drug-likeness (QED) is 0.700. The predicted molar refractivity (Wildman–Crippen MR) is 67.5 cm³/mol. The summed E-state index contributed by atoms with van der Waals surface area (Å²) in [5.41, 5.74) is -1.13. The van der Waals surface area contributed by atoms with Crippen LogP contribution in [0.3, 0.4) is 0 Å². The third-order valence-electron chi connectivity index (χ3n) is 3.55. The first kappa shape index (κ1) is 14.4. The Bertz CT molecular complexity index is 625. The van der Waals surface area contributed by atoms with E-state index in [1.54, 1.807) is 6.92 Å².